The molecule has 3 aliphatic rings. The molecule has 3 heteroatoms. The van der Waals surface area contributed by atoms with Gasteiger partial charge in [-0.3, -0.25) is 4.98 Å². The average molecular weight is 227 g/mol. The number of fused-ring (bicyclic) bond motifs is 2. The number of aromatic nitrogens is 1. The smallest absolute Gasteiger partial charge is 0.145 e. The Balaban J connectivity index is 1.85. The predicted octanol–water partition coefficient (Wildman–Crippen LogP) is -0.273. The molecule has 2 N–H and O–H groups in total. The molecule has 2 unspecified atom stereocenters. The van der Waals surface area contributed by atoms with E-state index in [9.17, 15) is 0 Å². The summed E-state index contributed by atoms with van der Waals surface area (Å²) in [5.41, 5.74) is 5.71. The Morgan fingerprint density at radius 3 is 2.88 bits per heavy atom. The second kappa shape index (κ2) is 2.98. The van der Waals surface area contributed by atoms with Gasteiger partial charge in [-0.25, -0.2) is 0 Å². The summed E-state index contributed by atoms with van der Waals surface area (Å²) in [5, 5.41) is 0. The molecule has 0 aromatic carbocycles. The first-order chi connectivity index (χ1) is 8.21. The number of hydrogen-bond acceptors (Lipinski definition) is 1. The zero-order chi connectivity index (χ0) is 11.6. The predicted molar refractivity (Wildman–Crippen MR) is 64.9 cm³/mol. The van der Waals surface area contributed by atoms with Gasteiger partial charge in [0.1, 0.15) is 23.6 Å². The highest BCUT2D eigenvalue weighted by Gasteiger charge is 2.54. The SMILES string of the molecule is [CH2-][NH+]1C2=C(CC3(CC3)[NH+]([CH2-])C2)c2ncccc21. The van der Waals surface area contributed by atoms with Gasteiger partial charge in [0.2, 0.25) is 0 Å². The van der Waals surface area contributed by atoms with Crippen LogP contribution in [0.25, 0.3) is 5.57 Å². The second-order valence-corrected chi connectivity index (χ2v) is 5.57. The molecule has 3 heterocycles. The van der Waals surface area contributed by atoms with Crippen molar-refractivity contribution in [3.63, 3.8) is 0 Å². The zero-order valence-corrected chi connectivity index (χ0v) is 9.92. The summed E-state index contributed by atoms with van der Waals surface area (Å²) in [6, 6.07) is 4.15. The van der Waals surface area contributed by atoms with Crippen LogP contribution in [0.3, 0.4) is 0 Å². The van der Waals surface area contributed by atoms with Gasteiger partial charge in [0, 0.05) is 31.5 Å². The largest absolute Gasteiger partial charge is 0.455 e. The number of hydrogen-bond donors (Lipinski definition) is 2. The van der Waals surface area contributed by atoms with E-state index in [-0.39, 0.29) is 0 Å². The van der Waals surface area contributed by atoms with E-state index in [4.69, 9.17) is 0 Å². The molecule has 88 valence electrons. The molecule has 3 nitrogen and oxygen atoms in total. The lowest BCUT2D eigenvalue weighted by atomic mass is 9.95. The maximum Gasteiger partial charge on any atom is 0.145 e. The molecule has 1 aromatic heterocycles. The third-order valence-corrected chi connectivity index (χ3v) is 4.66. The van der Waals surface area contributed by atoms with Crippen LogP contribution in [0.2, 0.25) is 0 Å². The van der Waals surface area contributed by atoms with E-state index >= 15 is 0 Å². The van der Waals surface area contributed by atoms with Crippen molar-refractivity contribution < 1.29 is 9.80 Å². The van der Waals surface area contributed by atoms with Gasteiger partial charge in [0.05, 0.1) is 11.1 Å². The van der Waals surface area contributed by atoms with Gasteiger partial charge >= 0.3 is 0 Å². The first kappa shape index (κ1) is 9.80. The Labute approximate surface area is 102 Å². The van der Waals surface area contributed by atoms with Crippen molar-refractivity contribution in [2.45, 2.75) is 24.8 Å². The van der Waals surface area contributed by atoms with Crippen molar-refractivity contribution in [1.82, 2.24) is 4.98 Å². The molecule has 4 rings (SSSR count). The molecule has 2 atom stereocenters. The quantitative estimate of drug-likeness (QED) is 0.585. The first-order valence-corrected chi connectivity index (χ1v) is 6.27. The summed E-state index contributed by atoms with van der Waals surface area (Å²) < 4.78 is 0. The highest BCUT2D eigenvalue weighted by Crippen LogP contribution is 2.44. The summed E-state index contributed by atoms with van der Waals surface area (Å²) in [4.78, 5) is 7.17. The lowest BCUT2D eigenvalue weighted by Gasteiger charge is -2.36. The van der Waals surface area contributed by atoms with Gasteiger partial charge in [-0.1, -0.05) is 0 Å². The summed E-state index contributed by atoms with van der Waals surface area (Å²) in [5.74, 6) is 0. The van der Waals surface area contributed by atoms with Crippen LogP contribution in [-0.4, -0.2) is 17.1 Å². The molecule has 17 heavy (non-hydrogen) atoms. The monoisotopic (exact) mass is 227 g/mol. The average Bonchev–Trinajstić information content (AvgIpc) is 3.07. The zero-order valence-electron chi connectivity index (χ0n) is 9.92. The fraction of sp³-hybridized carbons (Fsp3) is 0.357. The maximum atomic E-state index is 4.56. The topological polar surface area (TPSA) is 21.8 Å². The molecule has 1 spiro atoms. The van der Waals surface area contributed by atoms with Crippen LogP contribution in [0.15, 0.2) is 24.0 Å². The van der Waals surface area contributed by atoms with Crippen molar-refractivity contribution in [2.24, 2.45) is 0 Å². The molecular weight excluding hydrogens is 210 g/mol. The van der Waals surface area contributed by atoms with Crippen LogP contribution < -0.4 is 9.80 Å². The van der Waals surface area contributed by atoms with Crippen molar-refractivity contribution in [3.05, 3.63) is 43.8 Å². The maximum absolute atomic E-state index is 4.56. The molecule has 0 saturated heterocycles. The molecule has 1 saturated carbocycles. The minimum Gasteiger partial charge on any atom is -0.455 e. The Bertz CT molecular complexity index is 528. The third kappa shape index (κ3) is 1.16. The molecule has 2 aliphatic heterocycles. The Kier molecular flexibility index (Phi) is 1.72. The van der Waals surface area contributed by atoms with Gasteiger partial charge in [-0.15, -0.1) is 14.1 Å². The number of nitrogens with zero attached hydrogens (tertiary/aromatic N) is 1. The second-order valence-electron chi connectivity index (χ2n) is 5.57. The molecule has 0 radical (unpaired) electrons. The van der Waals surface area contributed by atoms with Crippen molar-refractivity contribution >= 4 is 11.3 Å². The molecule has 1 fully saturated rings. The normalized spacial score (nSPS) is 32.6. The molecular formula is C14H17N3. The Morgan fingerprint density at radius 2 is 2.12 bits per heavy atom. The molecule has 1 aliphatic carbocycles. The number of pyridine rings is 1. The van der Waals surface area contributed by atoms with Crippen LogP contribution >= 0.6 is 0 Å². The molecule has 1 aromatic rings. The van der Waals surface area contributed by atoms with Gasteiger partial charge in [-0.2, -0.15) is 0 Å². The minimum absolute atomic E-state index is 0.429. The van der Waals surface area contributed by atoms with E-state index in [1.54, 1.807) is 0 Å². The Hall–Kier alpha value is -1.19. The highest BCUT2D eigenvalue weighted by molar-refractivity contribution is 5.76. The summed E-state index contributed by atoms with van der Waals surface area (Å²) in [6.45, 7) is 1.02. The van der Waals surface area contributed by atoms with Gasteiger partial charge in [0.25, 0.3) is 0 Å². The van der Waals surface area contributed by atoms with Crippen molar-refractivity contribution in [2.75, 3.05) is 6.54 Å². The highest BCUT2D eigenvalue weighted by atomic mass is 15.3. The minimum atomic E-state index is 0.429. The standard InChI is InChI=1S/C14H17N3/c1-16-9-12-10(8-14(16)5-6-14)13-11(17(12)2)4-3-7-15-13/h3-4,7,16-17H,1-2,5-6,8-9H2. The summed E-state index contributed by atoms with van der Waals surface area (Å²) in [7, 11) is 8.53. The number of quaternary nitrogens is 2. The van der Waals surface area contributed by atoms with Crippen LogP contribution in [0.5, 0.6) is 0 Å². The van der Waals surface area contributed by atoms with E-state index in [1.165, 1.54) is 45.3 Å². The lowest BCUT2D eigenvalue weighted by molar-refractivity contribution is -0.906. The third-order valence-electron chi connectivity index (χ3n) is 4.66. The van der Waals surface area contributed by atoms with Gasteiger partial charge < -0.3 is 9.80 Å². The summed E-state index contributed by atoms with van der Waals surface area (Å²) in [6.07, 6.45) is 5.67. The van der Waals surface area contributed by atoms with E-state index in [1.807, 2.05) is 12.3 Å². The number of nitrogens with one attached hydrogen (secondary N) is 2. The fourth-order valence-electron chi connectivity index (χ4n) is 3.33. The fourth-order valence-corrected chi connectivity index (χ4v) is 3.33. The van der Waals surface area contributed by atoms with Gasteiger partial charge in [0.15, 0.2) is 0 Å². The Morgan fingerprint density at radius 1 is 1.29 bits per heavy atom. The summed E-state index contributed by atoms with van der Waals surface area (Å²) >= 11 is 0. The van der Waals surface area contributed by atoms with Crippen molar-refractivity contribution in [1.29, 1.82) is 0 Å². The van der Waals surface area contributed by atoms with Gasteiger partial charge in [-0.05, 0) is 6.07 Å². The van der Waals surface area contributed by atoms with Crippen LogP contribution in [0.1, 0.15) is 25.0 Å². The molecule has 0 bridgehead atoms. The van der Waals surface area contributed by atoms with Crippen molar-refractivity contribution in [3.8, 4) is 0 Å². The van der Waals surface area contributed by atoms with E-state index in [0.717, 1.165) is 13.0 Å². The van der Waals surface area contributed by atoms with E-state index in [2.05, 4.69) is 25.1 Å². The van der Waals surface area contributed by atoms with Crippen LogP contribution in [0.4, 0.5) is 5.69 Å². The van der Waals surface area contributed by atoms with E-state index in [0.29, 0.717) is 5.54 Å². The van der Waals surface area contributed by atoms with Crippen LogP contribution in [0, 0.1) is 14.1 Å². The van der Waals surface area contributed by atoms with E-state index < -0.39 is 0 Å². The molecule has 0 amide bonds. The number of rotatable bonds is 0. The van der Waals surface area contributed by atoms with Crippen LogP contribution in [-0.2, 0) is 0 Å². The lowest BCUT2D eigenvalue weighted by Crippen LogP contribution is -3.17. The first-order valence-electron chi connectivity index (χ1n) is 6.27.